The first-order chi connectivity index (χ1) is 12.1. The fourth-order valence-corrected chi connectivity index (χ4v) is 3.51. The first-order valence-electron chi connectivity index (χ1n) is 8.50. The summed E-state index contributed by atoms with van der Waals surface area (Å²) in [5.74, 6) is 0.0569. The molecule has 0 saturated heterocycles. The molecule has 2 heterocycles. The van der Waals surface area contributed by atoms with Gasteiger partial charge in [-0.1, -0.05) is 42.5 Å². The van der Waals surface area contributed by atoms with Gasteiger partial charge >= 0.3 is 0 Å². The Balaban J connectivity index is 1.78. The third kappa shape index (κ3) is 2.80. The highest BCUT2D eigenvalue weighted by atomic mass is 16.2. The highest BCUT2D eigenvalue weighted by Gasteiger charge is 2.34. The van der Waals surface area contributed by atoms with Crippen molar-refractivity contribution < 1.29 is 4.79 Å². The maximum Gasteiger partial charge on any atom is 0.258 e. The van der Waals surface area contributed by atoms with Crippen molar-refractivity contribution >= 4 is 11.6 Å². The van der Waals surface area contributed by atoms with Gasteiger partial charge in [-0.05, 0) is 37.6 Å². The van der Waals surface area contributed by atoms with Crippen LogP contribution >= 0.6 is 0 Å². The maximum absolute atomic E-state index is 13.2. The topological polar surface area (TPSA) is 48.1 Å². The Labute approximate surface area is 147 Å². The number of para-hydroxylation sites is 1. The van der Waals surface area contributed by atoms with Crippen molar-refractivity contribution in [2.45, 2.75) is 26.6 Å². The smallest absolute Gasteiger partial charge is 0.258 e. The van der Waals surface area contributed by atoms with E-state index in [1.54, 1.807) is 0 Å². The van der Waals surface area contributed by atoms with Crippen LogP contribution in [-0.4, -0.2) is 15.8 Å². The molecule has 1 aliphatic heterocycles. The number of nitrogens with zero attached hydrogens (tertiary/aromatic N) is 1. The summed E-state index contributed by atoms with van der Waals surface area (Å²) in [6.45, 7) is 4.65. The van der Waals surface area contributed by atoms with Crippen molar-refractivity contribution in [2.24, 2.45) is 0 Å². The van der Waals surface area contributed by atoms with Gasteiger partial charge < -0.3 is 15.2 Å². The van der Waals surface area contributed by atoms with E-state index in [9.17, 15) is 4.79 Å². The molecule has 0 aliphatic carbocycles. The number of carbonyl (C=O) groups excluding carboxylic acids is 1. The van der Waals surface area contributed by atoms with Gasteiger partial charge in [0.15, 0.2) is 0 Å². The zero-order chi connectivity index (χ0) is 17.4. The SMILES string of the molecule is Cc1cc(C2Nc3ccccc3C(=O)N2Cc2ccccc2)c(C)[nH]1. The molecule has 0 spiro atoms. The quantitative estimate of drug-likeness (QED) is 0.747. The Morgan fingerprint density at radius 3 is 2.44 bits per heavy atom. The van der Waals surface area contributed by atoms with Gasteiger partial charge in [0.2, 0.25) is 0 Å². The summed E-state index contributed by atoms with van der Waals surface area (Å²) in [4.78, 5) is 18.5. The second-order valence-electron chi connectivity index (χ2n) is 6.54. The van der Waals surface area contributed by atoms with Crippen LogP contribution < -0.4 is 5.32 Å². The Bertz CT molecular complexity index is 914. The fraction of sp³-hybridized carbons (Fsp3) is 0.190. The van der Waals surface area contributed by atoms with E-state index >= 15 is 0 Å². The van der Waals surface area contributed by atoms with Gasteiger partial charge in [-0.2, -0.15) is 0 Å². The van der Waals surface area contributed by atoms with Gasteiger partial charge in [-0.3, -0.25) is 4.79 Å². The van der Waals surface area contributed by atoms with E-state index in [1.807, 2.05) is 54.3 Å². The molecule has 4 heteroatoms. The molecular weight excluding hydrogens is 310 g/mol. The number of aromatic nitrogens is 1. The van der Waals surface area contributed by atoms with Crippen molar-refractivity contribution in [1.82, 2.24) is 9.88 Å². The standard InChI is InChI=1S/C21H21N3O/c1-14-12-18(15(2)22-14)20-23-19-11-7-6-10-17(19)21(25)24(20)13-16-8-4-3-5-9-16/h3-12,20,22-23H,13H2,1-2H3. The van der Waals surface area contributed by atoms with E-state index in [0.717, 1.165) is 33.8 Å². The Morgan fingerprint density at radius 2 is 1.72 bits per heavy atom. The van der Waals surface area contributed by atoms with Crippen LogP contribution in [-0.2, 0) is 6.54 Å². The lowest BCUT2D eigenvalue weighted by Crippen LogP contribution is -2.42. The van der Waals surface area contributed by atoms with Crippen molar-refractivity contribution in [3.63, 3.8) is 0 Å². The third-order valence-electron chi connectivity index (χ3n) is 4.70. The number of rotatable bonds is 3. The zero-order valence-corrected chi connectivity index (χ0v) is 14.4. The van der Waals surface area contributed by atoms with Crippen LogP contribution in [0.3, 0.4) is 0 Å². The molecule has 2 aromatic carbocycles. The van der Waals surface area contributed by atoms with Crippen LogP contribution in [0.5, 0.6) is 0 Å². The molecule has 0 fully saturated rings. The maximum atomic E-state index is 13.2. The number of anilines is 1. The molecule has 1 aromatic heterocycles. The summed E-state index contributed by atoms with van der Waals surface area (Å²) >= 11 is 0. The molecule has 1 atom stereocenters. The van der Waals surface area contributed by atoms with E-state index in [4.69, 9.17) is 0 Å². The molecule has 1 amide bonds. The Kier molecular flexibility index (Phi) is 3.80. The zero-order valence-electron chi connectivity index (χ0n) is 14.4. The monoisotopic (exact) mass is 331 g/mol. The summed E-state index contributed by atoms with van der Waals surface area (Å²) in [7, 11) is 0. The van der Waals surface area contributed by atoms with E-state index in [-0.39, 0.29) is 12.1 Å². The molecule has 0 radical (unpaired) electrons. The molecular formula is C21H21N3O. The number of fused-ring (bicyclic) bond motifs is 1. The molecule has 25 heavy (non-hydrogen) atoms. The Hall–Kier alpha value is -3.01. The minimum Gasteiger partial charge on any atom is -0.362 e. The van der Waals surface area contributed by atoms with Gasteiger partial charge in [0, 0.05) is 29.2 Å². The van der Waals surface area contributed by atoms with Crippen LogP contribution in [0, 0.1) is 13.8 Å². The van der Waals surface area contributed by atoms with Crippen LogP contribution in [0.4, 0.5) is 5.69 Å². The van der Waals surface area contributed by atoms with Crippen molar-refractivity contribution in [3.05, 3.63) is 88.7 Å². The number of hydrogen-bond donors (Lipinski definition) is 2. The molecule has 2 N–H and O–H groups in total. The second-order valence-corrected chi connectivity index (χ2v) is 6.54. The van der Waals surface area contributed by atoms with Crippen LogP contribution in [0.2, 0.25) is 0 Å². The largest absolute Gasteiger partial charge is 0.362 e. The van der Waals surface area contributed by atoms with E-state index in [1.165, 1.54) is 0 Å². The van der Waals surface area contributed by atoms with Gasteiger partial charge in [0.05, 0.1) is 5.56 Å². The van der Waals surface area contributed by atoms with Crippen LogP contribution in [0.1, 0.15) is 39.0 Å². The van der Waals surface area contributed by atoms with Crippen LogP contribution in [0.15, 0.2) is 60.7 Å². The molecule has 126 valence electrons. The summed E-state index contributed by atoms with van der Waals surface area (Å²) in [5.41, 5.74) is 6.02. The minimum atomic E-state index is -0.187. The van der Waals surface area contributed by atoms with Crippen molar-refractivity contribution in [3.8, 4) is 0 Å². The summed E-state index contributed by atoms with van der Waals surface area (Å²) in [6, 6.07) is 19.9. The molecule has 0 bridgehead atoms. The highest BCUT2D eigenvalue weighted by Crippen LogP contribution is 2.35. The number of aryl methyl sites for hydroxylation is 2. The number of amides is 1. The average Bonchev–Trinajstić information content (AvgIpc) is 2.96. The van der Waals surface area contributed by atoms with Gasteiger partial charge in [-0.15, -0.1) is 0 Å². The lowest BCUT2D eigenvalue weighted by atomic mass is 10.0. The normalized spacial score (nSPS) is 16.5. The number of carbonyl (C=O) groups is 1. The molecule has 3 aromatic rings. The lowest BCUT2D eigenvalue weighted by molar-refractivity contribution is 0.0666. The first kappa shape index (κ1) is 15.5. The average molecular weight is 331 g/mol. The van der Waals surface area contributed by atoms with E-state index in [0.29, 0.717) is 6.54 Å². The third-order valence-corrected chi connectivity index (χ3v) is 4.70. The number of aromatic amines is 1. The van der Waals surface area contributed by atoms with Crippen molar-refractivity contribution in [1.29, 1.82) is 0 Å². The summed E-state index contributed by atoms with van der Waals surface area (Å²) in [6.07, 6.45) is -0.187. The van der Waals surface area contributed by atoms with Gasteiger partial charge in [0.25, 0.3) is 5.91 Å². The lowest BCUT2D eigenvalue weighted by Gasteiger charge is -2.38. The summed E-state index contributed by atoms with van der Waals surface area (Å²) in [5, 5.41) is 3.55. The fourth-order valence-electron chi connectivity index (χ4n) is 3.51. The van der Waals surface area contributed by atoms with Gasteiger partial charge in [-0.25, -0.2) is 0 Å². The number of nitrogens with one attached hydrogen (secondary N) is 2. The number of hydrogen-bond acceptors (Lipinski definition) is 2. The Morgan fingerprint density at radius 1 is 1.00 bits per heavy atom. The van der Waals surface area contributed by atoms with Crippen LogP contribution in [0.25, 0.3) is 0 Å². The van der Waals surface area contributed by atoms with Gasteiger partial charge in [0.1, 0.15) is 6.17 Å². The van der Waals surface area contributed by atoms with Crippen molar-refractivity contribution in [2.75, 3.05) is 5.32 Å². The predicted octanol–water partition coefficient (Wildman–Crippen LogP) is 4.40. The van der Waals surface area contributed by atoms with E-state index in [2.05, 4.69) is 35.4 Å². The first-order valence-corrected chi connectivity index (χ1v) is 8.50. The summed E-state index contributed by atoms with van der Waals surface area (Å²) < 4.78 is 0. The predicted molar refractivity (Wildman–Crippen MR) is 99.4 cm³/mol. The molecule has 4 nitrogen and oxygen atoms in total. The second kappa shape index (κ2) is 6.13. The van der Waals surface area contributed by atoms with E-state index < -0.39 is 0 Å². The number of H-pyrrole nitrogens is 1. The number of benzene rings is 2. The molecule has 0 saturated carbocycles. The highest BCUT2D eigenvalue weighted by molar-refractivity contribution is 6.01. The minimum absolute atomic E-state index is 0.0569. The molecule has 1 aliphatic rings. The molecule has 4 rings (SSSR count). The molecule has 1 unspecified atom stereocenters.